The van der Waals surface area contributed by atoms with Crippen molar-refractivity contribution in [2.24, 2.45) is 0 Å². The van der Waals surface area contributed by atoms with Gasteiger partial charge < -0.3 is 15.2 Å². The van der Waals surface area contributed by atoms with Crippen molar-refractivity contribution in [3.63, 3.8) is 0 Å². The maximum Gasteiger partial charge on any atom is 0.337 e. The lowest BCUT2D eigenvalue weighted by atomic mass is 10.2. The average molecular weight is 336 g/mol. The molecule has 0 aliphatic heterocycles. The number of ether oxygens (including phenoxy) is 2. The Balaban J connectivity index is 2.26. The zero-order valence-electron chi connectivity index (χ0n) is 12.6. The van der Waals surface area contributed by atoms with E-state index in [9.17, 15) is 13.2 Å². The molecular formula is C15H16N2O5S. The molecule has 0 aromatic heterocycles. The summed E-state index contributed by atoms with van der Waals surface area (Å²) in [5.74, 6) is -0.0392. The number of nitrogens with one attached hydrogen (secondary N) is 1. The molecule has 3 N–H and O–H groups in total. The zero-order valence-corrected chi connectivity index (χ0v) is 13.4. The first-order valence-electron chi connectivity index (χ1n) is 6.52. The SMILES string of the molecule is COC(=O)c1ccc(NS(=O)(=O)c2ccc(OC)cc2N)cc1. The van der Waals surface area contributed by atoms with Crippen LogP contribution in [0.25, 0.3) is 0 Å². The predicted molar refractivity (Wildman–Crippen MR) is 86.0 cm³/mol. The molecule has 8 heteroatoms. The molecule has 0 bridgehead atoms. The van der Waals surface area contributed by atoms with Gasteiger partial charge in [0.25, 0.3) is 10.0 Å². The fourth-order valence-corrected chi connectivity index (χ4v) is 3.07. The van der Waals surface area contributed by atoms with Crippen LogP contribution in [0.2, 0.25) is 0 Å². The normalized spacial score (nSPS) is 10.9. The summed E-state index contributed by atoms with van der Waals surface area (Å²) >= 11 is 0. The third-order valence-electron chi connectivity index (χ3n) is 3.06. The minimum Gasteiger partial charge on any atom is -0.497 e. The first-order chi connectivity index (χ1) is 10.9. The molecule has 0 unspecified atom stereocenters. The quantitative estimate of drug-likeness (QED) is 0.637. The number of carbonyl (C=O) groups excluding carboxylic acids is 1. The number of nitrogens with two attached hydrogens (primary N) is 1. The van der Waals surface area contributed by atoms with Gasteiger partial charge in [-0.25, -0.2) is 13.2 Å². The van der Waals surface area contributed by atoms with Crippen molar-refractivity contribution < 1.29 is 22.7 Å². The van der Waals surface area contributed by atoms with Gasteiger partial charge >= 0.3 is 5.97 Å². The van der Waals surface area contributed by atoms with Crippen LogP contribution in [0.3, 0.4) is 0 Å². The Morgan fingerprint density at radius 3 is 2.26 bits per heavy atom. The Kier molecular flexibility index (Phi) is 4.75. The molecule has 0 radical (unpaired) electrons. The maximum absolute atomic E-state index is 12.4. The second kappa shape index (κ2) is 6.57. The molecule has 0 aliphatic rings. The van der Waals surface area contributed by atoms with Crippen LogP contribution in [0, 0.1) is 0 Å². The summed E-state index contributed by atoms with van der Waals surface area (Å²) in [6.45, 7) is 0. The molecule has 0 saturated heterocycles. The molecule has 23 heavy (non-hydrogen) atoms. The van der Waals surface area contributed by atoms with Crippen molar-refractivity contribution in [1.29, 1.82) is 0 Å². The summed E-state index contributed by atoms with van der Waals surface area (Å²) in [5.41, 5.74) is 6.45. The molecular weight excluding hydrogens is 320 g/mol. The van der Waals surface area contributed by atoms with Crippen LogP contribution in [0.5, 0.6) is 5.75 Å². The van der Waals surface area contributed by atoms with Crippen molar-refractivity contribution in [2.45, 2.75) is 4.90 Å². The summed E-state index contributed by atoms with van der Waals surface area (Å²) in [6.07, 6.45) is 0. The Morgan fingerprint density at radius 1 is 1.09 bits per heavy atom. The first kappa shape index (κ1) is 16.6. The van der Waals surface area contributed by atoms with E-state index in [4.69, 9.17) is 10.5 Å². The van der Waals surface area contributed by atoms with E-state index in [1.165, 1.54) is 56.7 Å². The van der Waals surface area contributed by atoms with E-state index in [0.29, 0.717) is 17.0 Å². The summed E-state index contributed by atoms with van der Waals surface area (Å²) in [6, 6.07) is 10.1. The fourth-order valence-electron chi connectivity index (χ4n) is 1.90. The molecule has 0 fully saturated rings. The number of esters is 1. The smallest absolute Gasteiger partial charge is 0.337 e. The van der Waals surface area contributed by atoms with E-state index in [0.717, 1.165) is 0 Å². The number of sulfonamides is 1. The predicted octanol–water partition coefficient (Wildman–Crippen LogP) is 1.86. The van der Waals surface area contributed by atoms with Gasteiger partial charge in [0.1, 0.15) is 10.6 Å². The molecule has 0 saturated carbocycles. The highest BCUT2D eigenvalue weighted by molar-refractivity contribution is 7.92. The molecule has 0 spiro atoms. The molecule has 122 valence electrons. The number of benzene rings is 2. The topological polar surface area (TPSA) is 108 Å². The molecule has 2 rings (SSSR count). The van der Waals surface area contributed by atoms with Gasteiger partial charge in [-0.1, -0.05) is 0 Å². The number of hydrogen-bond donors (Lipinski definition) is 2. The number of carbonyl (C=O) groups is 1. The molecule has 0 atom stereocenters. The van der Waals surface area contributed by atoms with Gasteiger partial charge in [-0.2, -0.15) is 0 Å². The van der Waals surface area contributed by atoms with Crippen LogP contribution < -0.4 is 15.2 Å². The Labute approximate surface area is 134 Å². The van der Waals surface area contributed by atoms with Crippen LogP contribution in [-0.2, 0) is 14.8 Å². The maximum atomic E-state index is 12.4. The second-order valence-electron chi connectivity index (χ2n) is 4.58. The van der Waals surface area contributed by atoms with Gasteiger partial charge in [0, 0.05) is 11.8 Å². The summed E-state index contributed by atoms with van der Waals surface area (Å²) in [5, 5.41) is 0. The lowest BCUT2D eigenvalue weighted by Gasteiger charge is -2.11. The van der Waals surface area contributed by atoms with Gasteiger partial charge in [-0.05, 0) is 36.4 Å². The Morgan fingerprint density at radius 2 is 1.74 bits per heavy atom. The number of nitrogen functional groups attached to an aromatic ring is 1. The van der Waals surface area contributed by atoms with Crippen LogP contribution in [0.1, 0.15) is 10.4 Å². The molecule has 7 nitrogen and oxygen atoms in total. The third-order valence-corrected chi connectivity index (χ3v) is 4.52. The summed E-state index contributed by atoms with van der Waals surface area (Å²) in [4.78, 5) is 11.3. The van der Waals surface area contributed by atoms with Crippen molar-refractivity contribution in [2.75, 3.05) is 24.7 Å². The number of methoxy groups -OCH3 is 2. The summed E-state index contributed by atoms with van der Waals surface area (Å²) in [7, 11) is -1.12. The van der Waals surface area contributed by atoms with Crippen molar-refractivity contribution in [3.8, 4) is 5.75 Å². The van der Waals surface area contributed by atoms with Crippen LogP contribution in [-0.4, -0.2) is 28.6 Å². The monoisotopic (exact) mass is 336 g/mol. The zero-order chi connectivity index (χ0) is 17.0. The van der Waals surface area contributed by atoms with Crippen molar-refractivity contribution in [3.05, 3.63) is 48.0 Å². The van der Waals surface area contributed by atoms with Crippen molar-refractivity contribution >= 4 is 27.4 Å². The van der Waals surface area contributed by atoms with E-state index in [2.05, 4.69) is 9.46 Å². The van der Waals surface area contributed by atoms with E-state index >= 15 is 0 Å². The fraction of sp³-hybridized carbons (Fsp3) is 0.133. The lowest BCUT2D eigenvalue weighted by Crippen LogP contribution is -2.15. The van der Waals surface area contributed by atoms with Crippen LogP contribution >= 0.6 is 0 Å². The lowest BCUT2D eigenvalue weighted by molar-refractivity contribution is 0.0601. The Bertz CT molecular complexity index is 816. The molecule has 2 aromatic rings. The van der Waals surface area contributed by atoms with E-state index in [1.807, 2.05) is 0 Å². The second-order valence-corrected chi connectivity index (χ2v) is 6.23. The van der Waals surface area contributed by atoms with E-state index in [-0.39, 0.29) is 10.6 Å². The highest BCUT2D eigenvalue weighted by Gasteiger charge is 2.18. The third kappa shape index (κ3) is 3.72. The Hall–Kier alpha value is -2.74. The molecule has 0 amide bonds. The van der Waals surface area contributed by atoms with Gasteiger partial charge in [0.05, 0.1) is 25.5 Å². The molecule has 2 aromatic carbocycles. The highest BCUT2D eigenvalue weighted by Crippen LogP contribution is 2.25. The highest BCUT2D eigenvalue weighted by atomic mass is 32.2. The van der Waals surface area contributed by atoms with Gasteiger partial charge in [-0.3, -0.25) is 4.72 Å². The largest absolute Gasteiger partial charge is 0.497 e. The van der Waals surface area contributed by atoms with Crippen LogP contribution in [0.15, 0.2) is 47.4 Å². The van der Waals surface area contributed by atoms with Gasteiger partial charge in [0.2, 0.25) is 0 Å². The van der Waals surface area contributed by atoms with Gasteiger partial charge in [-0.15, -0.1) is 0 Å². The van der Waals surface area contributed by atoms with E-state index < -0.39 is 16.0 Å². The van der Waals surface area contributed by atoms with E-state index in [1.54, 1.807) is 0 Å². The van der Waals surface area contributed by atoms with Gasteiger partial charge in [0.15, 0.2) is 0 Å². The standard InChI is InChI=1S/C15H16N2O5S/c1-21-12-7-8-14(13(16)9-12)23(19,20)17-11-5-3-10(4-6-11)15(18)22-2/h3-9,17H,16H2,1-2H3. The number of hydrogen-bond acceptors (Lipinski definition) is 6. The number of anilines is 2. The minimum atomic E-state index is -3.85. The molecule has 0 heterocycles. The molecule has 0 aliphatic carbocycles. The first-order valence-corrected chi connectivity index (χ1v) is 8.00. The van der Waals surface area contributed by atoms with Crippen molar-refractivity contribution in [1.82, 2.24) is 0 Å². The average Bonchev–Trinajstić information content (AvgIpc) is 2.54. The van der Waals surface area contributed by atoms with Crippen LogP contribution in [0.4, 0.5) is 11.4 Å². The number of rotatable bonds is 5. The minimum absolute atomic E-state index is 0.0599. The summed E-state index contributed by atoms with van der Waals surface area (Å²) < 4.78 is 36.7.